The van der Waals surface area contributed by atoms with E-state index < -0.39 is 0 Å². The minimum atomic E-state index is -0.288. The van der Waals surface area contributed by atoms with Crippen LogP contribution in [-0.2, 0) is 9.59 Å². The second-order valence-corrected chi connectivity index (χ2v) is 10.1. The van der Waals surface area contributed by atoms with E-state index in [-0.39, 0.29) is 23.3 Å². The van der Waals surface area contributed by atoms with Gasteiger partial charge in [-0.25, -0.2) is 0 Å². The molecule has 122 valence electrons. The van der Waals surface area contributed by atoms with E-state index in [0.29, 0.717) is 10.7 Å². The highest BCUT2D eigenvalue weighted by Crippen LogP contribution is 2.65. The van der Waals surface area contributed by atoms with Crippen LogP contribution in [0.3, 0.4) is 0 Å². The van der Waals surface area contributed by atoms with Gasteiger partial charge in [-0.3, -0.25) is 9.59 Å². The van der Waals surface area contributed by atoms with Crippen molar-refractivity contribution in [2.24, 2.45) is 17.3 Å². The number of likely N-dealkylation sites (N-methyl/N-ethyl adjacent to an activating group) is 1. The summed E-state index contributed by atoms with van der Waals surface area (Å²) < 4.78 is 0.292. The van der Waals surface area contributed by atoms with Gasteiger partial charge in [0.2, 0.25) is 11.8 Å². The summed E-state index contributed by atoms with van der Waals surface area (Å²) in [6.45, 7) is 0.754. The summed E-state index contributed by atoms with van der Waals surface area (Å²) in [4.78, 5) is 26.2. The Balaban J connectivity index is 1.43. The van der Waals surface area contributed by atoms with E-state index in [2.05, 4.69) is 21.2 Å². The van der Waals surface area contributed by atoms with E-state index >= 15 is 0 Å². The molecule has 5 fully saturated rings. The highest BCUT2D eigenvalue weighted by Gasteiger charge is 2.57. The van der Waals surface area contributed by atoms with Crippen molar-refractivity contribution < 1.29 is 9.59 Å². The second kappa shape index (κ2) is 4.96. The molecule has 5 aliphatic rings. The maximum absolute atomic E-state index is 12.5. The normalized spacial score (nSPS) is 46.4. The number of halogens is 1. The van der Waals surface area contributed by atoms with Crippen LogP contribution in [0.15, 0.2) is 0 Å². The Morgan fingerprint density at radius 1 is 1.32 bits per heavy atom. The van der Waals surface area contributed by atoms with Gasteiger partial charge in [0.1, 0.15) is 6.04 Å². The molecule has 4 nitrogen and oxygen atoms in total. The number of rotatable bonds is 3. The Kier molecular flexibility index (Phi) is 3.37. The number of alkyl halides is 1. The molecule has 4 bridgehead atoms. The summed E-state index contributed by atoms with van der Waals surface area (Å²) in [5, 5.41) is 3.00. The predicted octanol–water partition coefficient (Wildman–Crippen LogP) is 2.46. The molecule has 3 unspecified atom stereocenters. The van der Waals surface area contributed by atoms with Crippen molar-refractivity contribution >= 4 is 27.7 Å². The Morgan fingerprint density at radius 3 is 2.55 bits per heavy atom. The summed E-state index contributed by atoms with van der Waals surface area (Å²) in [6.07, 6.45) is 8.87. The van der Waals surface area contributed by atoms with E-state index in [1.807, 2.05) is 7.05 Å². The first kappa shape index (κ1) is 15.0. The lowest BCUT2D eigenvalue weighted by Gasteiger charge is -2.60. The lowest BCUT2D eigenvalue weighted by Crippen LogP contribution is -2.54. The number of likely N-dealkylation sites (tertiary alicyclic amines) is 1. The van der Waals surface area contributed by atoms with Crippen LogP contribution >= 0.6 is 15.9 Å². The third kappa shape index (κ3) is 2.49. The molecular weight excluding hydrogens is 344 g/mol. The molecule has 0 aromatic carbocycles. The summed E-state index contributed by atoms with van der Waals surface area (Å²) >= 11 is 4.00. The van der Waals surface area contributed by atoms with Crippen molar-refractivity contribution in [1.82, 2.24) is 10.2 Å². The van der Waals surface area contributed by atoms with Gasteiger partial charge in [0.15, 0.2) is 0 Å². The molecule has 3 atom stereocenters. The molecule has 1 heterocycles. The zero-order chi connectivity index (χ0) is 15.5. The molecule has 0 radical (unpaired) electrons. The van der Waals surface area contributed by atoms with Crippen LogP contribution in [0, 0.1) is 17.3 Å². The highest BCUT2D eigenvalue weighted by atomic mass is 79.9. The van der Waals surface area contributed by atoms with Gasteiger partial charge in [0.05, 0.1) is 0 Å². The number of nitrogens with zero attached hydrogens (tertiary/aromatic N) is 1. The minimum Gasteiger partial charge on any atom is -0.344 e. The smallest absolute Gasteiger partial charge is 0.244 e. The minimum absolute atomic E-state index is 0.0656. The fourth-order valence-corrected chi connectivity index (χ4v) is 7.60. The molecule has 5 heteroatoms. The average molecular weight is 369 g/mol. The standard InChI is InChI=1S/C17H25BrN2O2/c1-20-3-2-13(15(20)22)19-14(21)9-16-5-11-4-12(6-16)8-17(18,7-11)10-16/h11-13H,2-10H2,1H3,(H,19,21). The number of carbonyl (C=O) groups is 2. The van der Waals surface area contributed by atoms with Gasteiger partial charge in [0, 0.05) is 24.3 Å². The number of carbonyl (C=O) groups excluding carboxylic acids is 2. The van der Waals surface area contributed by atoms with E-state index in [1.54, 1.807) is 4.90 Å². The van der Waals surface area contributed by atoms with Gasteiger partial charge in [-0.05, 0) is 62.2 Å². The van der Waals surface area contributed by atoms with Crippen molar-refractivity contribution in [3.63, 3.8) is 0 Å². The van der Waals surface area contributed by atoms with Crippen molar-refractivity contribution in [1.29, 1.82) is 0 Å². The first-order valence-corrected chi connectivity index (χ1v) is 9.39. The SMILES string of the molecule is CN1CCC(NC(=O)CC23CC4CC(CC(Br)(C4)C2)C3)C1=O. The number of hydrogen-bond donors (Lipinski definition) is 1. The molecule has 2 amide bonds. The molecule has 0 aromatic rings. The molecule has 4 aliphatic carbocycles. The van der Waals surface area contributed by atoms with Crippen LogP contribution in [0.25, 0.3) is 0 Å². The van der Waals surface area contributed by atoms with E-state index in [0.717, 1.165) is 31.2 Å². The van der Waals surface area contributed by atoms with E-state index in [9.17, 15) is 9.59 Å². The fraction of sp³-hybridized carbons (Fsp3) is 0.882. The van der Waals surface area contributed by atoms with Gasteiger partial charge in [-0.1, -0.05) is 15.9 Å². The Labute approximate surface area is 140 Å². The van der Waals surface area contributed by atoms with Gasteiger partial charge in [-0.2, -0.15) is 0 Å². The van der Waals surface area contributed by atoms with Crippen LogP contribution in [0.4, 0.5) is 0 Å². The summed E-state index contributed by atoms with van der Waals surface area (Å²) in [5.74, 6) is 1.75. The van der Waals surface area contributed by atoms with Gasteiger partial charge in [0.25, 0.3) is 0 Å². The Bertz CT molecular complexity index is 507. The molecule has 22 heavy (non-hydrogen) atoms. The Hall–Kier alpha value is -0.580. The van der Waals surface area contributed by atoms with E-state index in [4.69, 9.17) is 0 Å². The van der Waals surface area contributed by atoms with E-state index in [1.165, 1.54) is 32.1 Å². The lowest BCUT2D eigenvalue weighted by atomic mass is 9.48. The summed E-state index contributed by atoms with van der Waals surface area (Å²) in [6, 6.07) is -0.288. The fourth-order valence-electron chi connectivity index (χ4n) is 6.09. The highest BCUT2D eigenvalue weighted by molar-refractivity contribution is 9.10. The first-order chi connectivity index (χ1) is 10.4. The molecule has 0 spiro atoms. The quantitative estimate of drug-likeness (QED) is 0.777. The van der Waals surface area contributed by atoms with Crippen LogP contribution in [0.1, 0.15) is 51.4 Å². The topological polar surface area (TPSA) is 49.4 Å². The molecule has 0 aromatic heterocycles. The molecule has 5 rings (SSSR count). The van der Waals surface area contributed by atoms with Crippen LogP contribution in [-0.4, -0.2) is 40.7 Å². The number of amides is 2. The monoisotopic (exact) mass is 368 g/mol. The third-order valence-electron chi connectivity index (χ3n) is 6.41. The number of nitrogens with one attached hydrogen (secondary N) is 1. The largest absolute Gasteiger partial charge is 0.344 e. The Morgan fingerprint density at radius 2 is 2.00 bits per heavy atom. The van der Waals surface area contributed by atoms with Crippen LogP contribution < -0.4 is 5.32 Å². The molecule has 1 saturated heterocycles. The van der Waals surface area contributed by atoms with Gasteiger partial charge in [-0.15, -0.1) is 0 Å². The van der Waals surface area contributed by atoms with Crippen LogP contribution in [0.5, 0.6) is 0 Å². The first-order valence-electron chi connectivity index (χ1n) is 8.60. The maximum Gasteiger partial charge on any atom is 0.244 e. The molecule has 1 N–H and O–H groups in total. The third-order valence-corrected chi connectivity index (χ3v) is 7.34. The number of hydrogen-bond acceptors (Lipinski definition) is 2. The summed E-state index contributed by atoms with van der Waals surface area (Å²) in [5.41, 5.74) is 0.186. The van der Waals surface area contributed by atoms with Crippen molar-refractivity contribution in [2.45, 2.75) is 61.7 Å². The molecule has 4 saturated carbocycles. The van der Waals surface area contributed by atoms with Gasteiger partial charge >= 0.3 is 0 Å². The predicted molar refractivity (Wildman–Crippen MR) is 87.6 cm³/mol. The van der Waals surface area contributed by atoms with Gasteiger partial charge < -0.3 is 10.2 Å². The zero-order valence-electron chi connectivity index (χ0n) is 13.2. The second-order valence-electron chi connectivity index (χ2n) is 8.46. The summed E-state index contributed by atoms with van der Waals surface area (Å²) in [7, 11) is 1.81. The molecular formula is C17H25BrN2O2. The maximum atomic E-state index is 12.5. The van der Waals surface area contributed by atoms with Crippen molar-refractivity contribution in [2.75, 3.05) is 13.6 Å². The zero-order valence-corrected chi connectivity index (χ0v) is 14.8. The average Bonchev–Trinajstić information content (AvgIpc) is 2.67. The van der Waals surface area contributed by atoms with Crippen LogP contribution in [0.2, 0.25) is 0 Å². The lowest BCUT2D eigenvalue weighted by molar-refractivity contribution is -0.134. The molecule has 1 aliphatic heterocycles. The van der Waals surface area contributed by atoms with Crippen molar-refractivity contribution in [3.8, 4) is 0 Å². The van der Waals surface area contributed by atoms with Crippen molar-refractivity contribution in [3.05, 3.63) is 0 Å².